The zero-order valence-electron chi connectivity index (χ0n) is 17.5. The van der Waals surface area contributed by atoms with Crippen LogP contribution in [-0.4, -0.2) is 56.1 Å². The molecule has 1 aliphatic carbocycles. The highest BCUT2D eigenvalue weighted by molar-refractivity contribution is 6.09. The van der Waals surface area contributed by atoms with Gasteiger partial charge in [0.05, 0.1) is 18.3 Å². The number of anilines is 2. The summed E-state index contributed by atoms with van der Waals surface area (Å²) in [4.78, 5) is 24.9. The largest absolute Gasteiger partial charge is 0.368 e. The third-order valence-electron chi connectivity index (χ3n) is 6.52. The number of likely N-dealkylation sites (tertiary alicyclic amines) is 1. The molecule has 2 aromatic heterocycles. The highest BCUT2D eigenvalue weighted by atomic mass is 16.2. The van der Waals surface area contributed by atoms with Gasteiger partial charge in [0.2, 0.25) is 0 Å². The number of rotatable bonds is 3. The number of amides is 1. The van der Waals surface area contributed by atoms with Crippen LogP contribution in [0.15, 0.2) is 35.6 Å². The molecule has 1 saturated carbocycles. The highest BCUT2D eigenvalue weighted by Gasteiger charge is 2.45. The number of nitrogens with one attached hydrogen (secondary N) is 2. The van der Waals surface area contributed by atoms with Gasteiger partial charge in [-0.3, -0.25) is 14.5 Å². The number of aliphatic imine (C=N–C) groups is 1. The van der Waals surface area contributed by atoms with Gasteiger partial charge in [-0.05, 0) is 50.8 Å². The van der Waals surface area contributed by atoms with Gasteiger partial charge in [-0.15, -0.1) is 0 Å². The Labute approximate surface area is 176 Å². The molecule has 8 nitrogen and oxygen atoms in total. The van der Waals surface area contributed by atoms with Crippen molar-refractivity contribution in [1.82, 2.24) is 19.7 Å². The lowest BCUT2D eigenvalue weighted by atomic mass is 9.85. The molecule has 5 rings (SSSR count). The zero-order valence-corrected chi connectivity index (χ0v) is 17.5. The van der Waals surface area contributed by atoms with E-state index in [1.165, 1.54) is 12.8 Å². The third kappa shape index (κ3) is 3.34. The Bertz CT molecular complexity index is 962. The maximum Gasteiger partial charge on any atom is 0.272 e. The first-order chi connectivity index (χ1) is 14.7. The third-order valence-corrected chi connectivity index (χ3v) is 6.52. The van der Waals surface area contributed by atoms with Crippen molar-refractivity contribution in [1.29, 1.82) is 0 Å². The van der Waals surface area contributed by atoms with Gasteiger partial charge in [-0.25, -0.2) is 4.98 Å². The molecule has 2 aliphatic heterocycles. The molecule has 30 heavy (non-hydrogen) atoms. The number of amidine groups is 1. The van der Waals surface area contributed by atoms with Crippen molar-refractivity contribution < 1.29 is 4.79 Å². The van der Waals surface area contributed by atoms with Gasteiger partial charge in [-0.2, -0.15) is 5.10 Å². The first-order valence-electron chi connectivity index (χ1n) is 11.1. The quantitative estimate of drug-likeness (QED) is 0.816. The van der Waals surface area contributed by atoms with Crippen molar-refractivity contribution in [2.24, 2.45) is 4.99 Å². The first-order valence-corrected chi connectivity index (χ1v) is 11.1. The molecule has 2 fully saturated rings. The number of aromatic nitrogens is 3. The molecule has 0 radical (unpaired) electrons. The van der Waals surface area contributed by atoms with Crippen molar-refractivity contribution in [3.05, 3.63) is 36.3 Å². The molecule has 1 spiro atoms. The fourth-order valence-electron chi connectivity index (χ4n) is 4.98. The van der Waals surface area contributed by atoms with Gasteiger partial charge < -0.3 is 15.5 Å². The topological polar surface area (TPSA) is 87.4 Å². The molecule has 1 saturated heterocycles. The SMILES string of the molecule is CCn1nccc1C(=O)N1CCCC2(C1)Nc1cccnc1NC2=NC1CCCC1. The molecular formula is C22H29N7O. The van der Waals surface area contributed by atoms with Gasteiger partial charge >= 0.3 is 0 Å². The Kier molecular flexibility index (Phi) is 4.92. The van der Waals surface area contributed by atoms with E-state index in [2.05, 4.69) is 20.7 Å². The van der Waals surface area contributed by atoms with Crippen LogP contribution in [0.25, 0.3) is 0 Å². The Hall–Kier alpha value is -2.90. The number of hydrogen-bond acceptors (Lipinski definition) is 5. The van der Waals surface area contributed by atoms with E-state index in [9.17, 15) is 4.79 Å². The molecule has 3 aliphatic rings. The Morgan fingerprint density at radius 2 is 2.13 bits per heavy atom. The van der Waals surface area contributed by atoms with Crippen LogP contribution in [0.3, 0.4) is 0 Å². The van der Waals surface area contributed by atoms with E-state index >= 15 is 0 Å². The van der Waals surface area contributed by atoms with Crippen LogP contribution in [-0.2, 0) is 6.54 Å². The molecule has 2 aromatic rings. The van der Waals surface area contributed by atoms with E-state index in [0.29, 0.717) is 24.8 Å². The summed E-state index contributed by atoms with van der Waals surface area (Å²) in [5.41, 5.74) is 1.20. The van der Waals surface area contributed by atoms with Gasteiger partial charge in [-0.1, -0.05) is 12.8 Å². The number of carbonyl (C=O) groups excluding carboxylic acids is 1. The molecule has 2 N–H and O–H groups in total. The summed E-state index contributed by atoms with van der Waals surface area (Å²) in [7, 11) is 0. The van der Waals surface area contributed by atoms with E-state index in [1.807, 2.05) is 30.0 Å². The number of pyridine rings is 1. The predicted octanol–water partition coefficient (Wildman–Crippen LogP) is 3.15. The van der Waals surface area contributed by atoms with Crippen LogP contribution in [0, 0.1) is 0 Å². The van der Waals surface area contributed by atoms with Gasteiger partial charge in [0.1, 0.15) is 17.1 Å². The van der Waals surface area contributed by atoms with Crippen LogP contribution in [0.5, 0.6) is 0 Å². The van der Waals surface area contributed by atoms with Gasteiger partial charge in [0.15, 0.2) is 5.82 Å². The average Bonchev–Trinajstić information content (AvgIpc) is 3.46. The minimum Gasteiger partial charge on any atom is -0.368 e. The van der Waals surface area contributed by atoms with Gasteiger partial charge in [0.25, 0.3) is 5.91 Å². The standard InChI is InChI=1S/C22H29N7O/c1-2-29-18(10-13-24-29)20(30)28-14-6-11-22(15-28)21(25-16-7-3-4-8-16)26-19-17(27-22)9-5-12-23-19/h5,9-10,12-13,16,27H,2-4,6-8,11,14-15H2,1H3,(H,23,25,26). The average molecular weight is 408 g/mol. The second-order valence-corrected chi connectivity index (χ2v) is 8.51. The van der Waals surface area contributed by atoms with Crippen molar-refractivity contribution in [3.63, 3.8) is 0 Å². The lowest BCUT2D eigenvalue weighted by Crippen LogP contribution is -2.63. The lowest BCUT2D eigenvalue weighted by molar-refractivity contribution is 0.0681. The van der Waals surface area contributed by atoms with Crippen LogP contribution < -0.4 is 10.6 Å². The zero-order chi connectivity index (χ0) is 20.6. The summed E-state index contributed by atoms with van der Waals surface area (Å²) in [6.45, 7) is 4.01. The molecule has 0 aromatic carbocycles. The molecule has 4 heterocycles. The molecule has 158 valence electrons. The highest BCUT2D eigenvalue weighted by Crippen LogP contribution is 2.36. The minimum atomic E-state index is -0.413. The van der Waals surface area contributed by atoms with Crippen LogP contribution in [0.1, 0.15) is 55.9 Å². The fraction of sp³-hybridized carbons (Fsp3) is 0.545. The minimum absolute atomic E-state index is 0.0347. The fourth-order valence-corrected chi connectivity index (χ4v) is 4.98. The predicted molar refractivity (Wildman–Crippen MR) is 117 cm³/mol. The maximum absolute atomic E-state index is 13.3. The Morgan fingerprint density at radius 3 is 2.97 bits per heavy atom. The van der Waals surface area contributed by atoms with Gasteiger partial charge in [0, 0.05) is 25.5 Å². The van der Waals surface area contributed by atoms with Crippen LogP contribution in [0.2, 0.25) is 0 Å². The number of fused-ring (bicyclic) bond motifs is 1. The Morgan fingerprint density at radius 1 is 1.27 bits per heavy atom. The van der Waals surface area contributed by atoms with Crippen molar-refractivity contribution in [2.45, 2.75) is 63.6 Å². The molecule has 1 amide bonds. The summed E-state index contributed by atoms with van der Waals surface area (Å²) < 4.78 is 1.77. The lowest BCUT2D eigenvalue weighted by Gasteiger charge is -2.47. The smallest absolute Gasteiger partial charge is 0.272 e. The van der Waals surface area contributed by atoms with E-state index in [0.717, 1.165) is 49.6 Å². The Balaban J connectivity index is 1.48. The number of hydrogen-bond donors (Lipinski definition) is 2. The second-order valence-electron chi connectivity index (χ2n) is 8.51. The summed E-state index contributed by atoms with van der Waals surface area (Å²) in [5.74, 6) is 1.78. The van der Waals surface area contributed by atoms with Crippen molar-refractivity contribution in [3.8, 4) is 0 Å². The number of carbonyl (C=O) groups is 1. The summed E-state index contributed by atoms with van der Waals surface area (Å²) in [6.07, 6.45) is 10.1. The first kappa shape index (κ1) is 19.1. The van der Waals surface area contributed by atoms with E-state index in [4.69, 9.17) is 4.99 Å². The monoisotopic (exact) mass is 407 g/mol. The van der Waals surface area contributed by atoms with E-state index in [-0.39, 0.29) is 5.91 Å². The molecule has 8 heteroatoms. The van der Waals surface area contributed by atoms with E-state index in [1.54, 1.807) is 17.1 Å². The molecule has 1 atom stereocenters. The number of piperidine rings is 1. The summed E-state index contributed by atoms with van der Waals surface area (Å²) in [6, 6.07) is 6.14. The second kappa shape index (κ2) is 7.74. The van der Waals surface area contributed by atoms with E-state index < -0.39 is 5.54 Å². The molecule has 0 bridgehead atoms. The maximum atomic E-state index is 13.3. The van der Waals surface area contributed by atoms with Crippen molar-refractivity contribution in [2.75, 3.05) is 23.7 Å². The number of nitrogens with zero attached hydrogens (tertiary/aromatic N) is 5. The molecular weight excluding hydrogens is 378 g/mol. The normalized spacial score (nSPS) is 25.2. The van der Waals surface area contributed by atoms with Crippen LogP contribution >= 0.6 is 0 Å². The summed E-state index contributed by atoms with van der Waals surface area (Å²) in [5, 5.41) is 11.5. The van der Waals surface area contributed by atoms with Crippen LogP contribution in [0.4, 0.5) is 11.5 Å². The van der Waals surface area contributed by atoms with Crippen molar-refractivity contribution >= 4 is 23.2 Å². The summed E-state index contributed by atoms with van der Waals surface area (Å²) >= 11 is 0. The number of aryl methyl sites for hydroxylation is 1. The molecule has 1 unspecified atom stereocenters.